The van der Waals surface area contributed by atoms with Crippen LogP contribution in [0.5, 0.6) is 0 Å². The summed E-state index contributed by atoms with van der Waals surface area (Å²) in [7, 11) is -9.59. The Hall–Kier alpha value is -3.18. The summed E-state index contributed by atoms with van der Waals surface area (Å²) >= 11 is 0. The molecule has 0 saturated heterocycles. The Kier molecular flexibility index (Phi) is 6.66. The topological polar surface area (TPSA) is 97.4 Å². The van der Waals surface area contributed by atoms with E-state index in [9.17, 15) is 34.8 Å². The van der Waals surface area contributed by atoms with Gasteiger partial charge in [-0.3, -0.25) is 9.52 Å². The minimum atomic E-state index is -5.57. The molecule has 0 aromatic heterocycles. The predicted molar refractivity (Wildman–Crippen MR) is 116 cm³/mol. The SMILES string of the molecule is Cc1ccccc1S(=O)(=O)Nc1ccccc1C(=O)Cc1cccc(S(=O)(=O)C(F)(F)F)c1. The van der Waals surface area contributed by atoms with E-state index in [0.29, 0.717) is 5.56 Å². The second-order valence-corrected chi connectivity index (χ2v) is 10.7. The third-order valence-corrected chi connectivity index (χ3v) is 7.74. The van der Waals surface area contributed by atoms with Gasteiger partial charge in [-0.25, -0.2) is 16.8 Å². The normalized spacial score (nSPS) is 12.4. The van der Waals surface area contributed by atoms with Gasteiger partial charge in [0.1, 0.15) is 0 Å². The number of alkyl halides is 3. The third-order valence-electron chi connectivity index (χ3n) is 4.73. The molecule has 0 fully saturated rings. The Labute approximate surface area is 189 Å². The number of hydrogen-bond acceptors (Lipinski definition) is 5. The second-order valence-electron chi connectivity index (χ2n) is 7.11. The molecule has 6 nitrogen and oxygen atoms in total. The van der Waals surface area contributed by atoms with Crippen molar-refractivity contribution in [2.75, 3.05) is 4.72 Å². The van der Waals surface area contributed by atoms with Gasteiger partial charge in [0.25, 0.3) is 19.9 Å². The number of aryl methyl sites for hydroxylation is 1. The molecule has 0 aliphatic carbocycles. The summed E-state index contributed by atoms with van der Waals surface area (Å²) in [5.74, 6) is -0.611. The summed E-state index contributed by atoms with van der Waals surface area (Å²) in [4.78, 5) is 11.9. The van der Waals surface area contributed by atoms with E-state index in [1.807, 2.05) is 0 Å². The first-order valence-electron chi connectivity index (χ1n) is 9.44. The summed E-state index contributed by atoms with van der Waals surface area (Å²) in [5, 5.41) is 0. The molecule has 11 heteroatoms. The van der Waals surface area contributed by atoms with Crippen LogP contribution in [-0.2, 0) is 26.3 Å². The fraction of sp³-hybridized carbons (Fsp3) is 0.136. The number of halogens is 3. The van der Waals surface area contributed by atoms with Gasteiger partial charge in [0.05, 0.1) is 15.5 Å². The van der Waals surface area contributed by atoms with Crippen LogP contribution < -0.4 is 4.72 Å². The van der Waals surface area contributed by atoms with Gasteiger partial charge in [-0.2, -0.15) is 13.2 Å². The lowest BCUT2D eigenvalue weighted by molar-refractivity contribution is -0.0436. The van der Waals surface area contributed by atoms with E-state index in [0.717, 1.165) is 18.2 Å². The van der Waals surface area contributed by atoms with E-state index in [2.05, 4.69) is 4.72 Å². The Morgan fingerprint density at radius 2 is 1.52 bits per heavy atom. The second kappa shape index (κ2) is 8.99. The Balaban J connectivity index is 1.91. The molecule has 1 N–H and O–H groups in total. The van der Waals surface area contributed by atoms with Crippen molar-refractivity contribution < 1.29 is 34.8 Å². The maximum atomic E-state index is 12.9. The minimum absolute atomic E-state index is 0.00943. The number of para-hydroxylation sites is 1. The number of carbonyl (C=O) groups excluding carboxylic acids is 1. The molecule has 0 bridgehead atoms. The fourth-order valence-electron chi connectivity index (χ4n) is 3.11. The fourth-order valence-corrected chi connectivity index (χ4v) is 5.27. The van der Waals surface area contributed by atoms with E-state index >= 15 is 0 Å². The van der Waals surface area contributed by atoms with Gasteiger partial charge in [-0.15, -0.1) is 0 Å². The van der Waals surface area contributed by atoms with Crippen LogP contribution in [-0.4, -0.2) is 28.1 Å². The van der Waals surface area contributed by atoms with Gasteiger partial charge in [0.15, 0.2) is 5.78 Å². The first kappa shape index (κ1) is 24.5. The molecular weight excluding hydrogens is 479 g/mol. The number of sulfone groups is 1. The number of hydrogen-bond donors (Lipinski definition) is 1. The van der Waals surface area contributed by atoms with Crippen LogP contribution >= 0.6 is 0 Å². The Morgan fingerprint density at radius 3 is 2.18 bits per heavy atom. The monoisotopic (exact) mass is 497 g/mol. The van der Waals surface area contributed by atoms with Crippen LogP contribution in [0.3, 0.4) is 0 Å². The van der Waals surface area contributed by atoms with Crippen molar-refractivity contribution in [2.45, 2.75) is 28.6 Å². The lowest BCUT2D eigenvalue weighted by Crippen LogP contribution is -2.23. The van der Waals surface area contributed by atoms with E-state index in [4.69, 9.17) is 0 Å². The van der Waals surface area contributed by atoms with Gasteiger partial charge in [0.2, 0.25) is 0 Å². The smallest absolute Gasteiger partial charge is 0.294 e. The van der Waals surface area contributed by atoms with Crippen LogP contribution in [0.25, 0.3) is 0 Å². The van der Waals surface area contributed by atoms with Crippen molar-refractivity contribution in [1.82, 2.24) is 0 Å². The predicted octanol–water partition coefficient (Wildman–Crippen LogP) is 4.51. The number of Topliss-reactive ketones (excluding diaryl/α,β-unsaturated/α-hetero) is 1. The number of nitrogens with one attached hydrogen (secondary N) is 1. The quantitative estimate of drug-likeness (QED) is 0.485. The molecule has 0 aliphatic heterocycles. The maximum absolute atomic E-state index is 12.9. The highest BCUT2D eigenvalue weighted by molar-refractivity contribution is 7.93. The van der Waals surface area contributed by atoms with E-state index in [1.165, 1.54) is 36.4 Å². The van der Waals surface area contributed by atoms with E-state index in [1.54, 1.807) is 25.1 Å². The number of benzene rings is 3. The summed E-state index contributed by atoms with van der Waals surface area (Å²) in [5.41, 5.74) is -4.97. The van der Waals surface area contributed by atoms with Crippen molar-refractivity contribution >= 4 is 31.3 Å². The average Bonchev–Trinajstić information content (AvgIpc) is 2.73. The van der Waals surface area contributed by atoms with Gasteiger partial charge in [-0.05, 0) is 48.4 Å². The first-order valence-corrected chi connectivity index (χ1v) is 12.4. The number of carbonyl (C=O) groups is 1. The number of rotatable bonds is 7. The number of sulfonamides is 1. The molecule has 174 valence electrons. The van der Waals surface area contributed by atoms with Crippen LogP contribution in [0.2, 0.25) is 0 Å². The lowest BCUT2D eigenvalue weighted by atomic mass is 10.0. The summed E-state index contributed by atoms with van der Waals surface area (Å²) in [6, 6.07) is 16.0. The Bertz CT molecular complexity index is 1420. The van der Waals surface area contributed by atoms with Gasteiger partial charge in [-0.1, -0.05) is 42.5 Å². The van der Waals surface area contributed by atoms with Crippen LogP contribution in [0.15, 0.2) is 82.6 Å². The molecule has 0 radical (unpaired) electrons. The molecule has 0 heterocycles. The largest absolute Gasteiger partial charge is 0.501 e. The Morgan fingerprint density at radius 1 is 0.879 bits per heavy atom. The third kappa shape index (κ3) is 5.25. The van der Waals surface area contributed by atoms with Crippen LogP contribution in [0, 0.1) is 6.92 Å². The number of anilines is 1. The molecule has 0 spiro atoms. The van der Waals surface area contributed by atoms with Crippen LogP contribution in [0.1, 0.15) is 21.5 Å². The van der Waals surface area contributed by atoms with Crippen LogP contribution in [0.4, 0.5) is 18.9 Å². The molecule has 3 rings (SSSR count). The van der Waals surface area contributed by atoms with E-state index < -0.39 is 42.5 Å². The average molecular weight is 498 g/mol. The van der Waals surface area contributed by atoms with Crippen molar-refractivity contribution in [1.29, 1.82) is 0 Å². The highest BCUT2D eigenvalue weighted by atomic mass is 32.2. The molecular formula is C22H18F3NO5S2. The highest BCUT2D eigenvalue weighted by Crippen LogP contribution is 2.31. The zero-order valence-electron chi connectivity index (χ0n) is 17.1. The van der Waals surface area contributed by atoms with Crippen molar-refractivity contribution in [3.63, 3.8) is 0 Å². The zero-order chi connectivity index (χ0) is 24.4. The summed E-state index contributed by atoms with van der Waals surface area (Å²) < 4.78 is 89.8. The minimum Gasteiger partial charge on any atom is -0.294 e. The zero-order valence-corrected chi connectivity index (χ0v) is 18.8. The molecule has 0 amide bonds. The van der Waals surface area contributed by atoms with Crippen molar-refractivity contribution in [3.8, 4) is 0 Å². The number of ketones is 1. The standard InChI is InChI=1S/C22H18F3NO5S2/c1-15-7-2-5-12-21(15)33(30,31)26-19-11-4-3-10-18(19)20(27)14-16-8-6-9-17(13-16)32(28,29)22(23,24)25/h2-13,26H,14H2,1H3. The summed E-state index contributed by atoms with van der Waals surface area (Å²) in [6.07, 6.45) is -0.440. The summed E-state index contributed by atoms with van der Waals surface area (Å²) in [6.45, 7) is 1.62. The van der Waals surface area contributed by atoms with Crippen molar-refractivity contribution in [3.05, 3.63) is 89.5 Å². The van der Waals surface area contributed by atoms with E-state index in [-0.39, 0.29) is 21.7 Å². The van der Waals surface area contributed by atoms with Crippen molar-refractivity contribution in [2.24, 2.45) is 0 Å². The molecule has 3 aromatic carbocycles. The molecule has 0 unspecified atom stereocenters. The molecule has 0 aliphatic rings. The first-order chi connectivity index (χ1) is 15.3. The maximum Gasteiger partial charge on any atom is 0.501 e. The molecule has 0 saturated carbocycles. The molecule has 33 heavy (non-hydrogen) atoms. The van der Waals surface area contributed by atoms with Gasteiger partial charge < -0.3 is 0 Å². The lowest BCUT2D eigenvalue weighted by Gasteiger charge is -2.14. The molecule has 3 aromatic rings. The molecule has 0 atom stereocenters. The van der Waals surface area contributed by atoms with Gasteiger partial charge >= 0.3 is 5.51 Å². The van der Waals surface area contributed by atoms with Gasteiger partial charge in [0, 0.05) is 12.0 Å². The highest BCUT2D eigenvalue weighted by Gasteiger charge is 2.46.